The number of aromatic nitrogens is 1. The van der Waals surface area contributed by atoms with E-state index < -0.39 is 22.8 Å². The summed E-state index contributed by atoms with van der Waals surface area (Å²) in [5.41, 5.74) is -0.802. The largest absolute Gasteiger partial charge is 0.506 e. The van der Waals surface area contributed by atoms with Crippen molar-refractivity contribution in [2.75, 3.05) is 0 Å². The van der Waals surface area contributed by atoms with Crippen LogP contribution in [0.1, 0.15) is 17.3 Å². The fraction of sp³-hybridized carbons (Fsp3) is 0.167. The van der Waals surface area contributed by atoms with Gasteiger partial charge < -0.3 is 14.8 Å². The van der Waals surface area contributed by atoms with Crippen LogP contribution in [0, 0.1) is 0 Å². The van der Waals surface area contributed by atoms with E-state index in [1.54, 1.807) is 25.1 Å². The molecule has 0 unspecified atom stereocenters. The number of carboxylic acid groups (broad SMARTS) is 1. The van der Waals surface area contributed by atoms with E-state index in [2.05, 4.69) is 15.9 Å². The van der Waals surface area contributed by atoms with E-state index >= 15 is 0 Å². The second-order valence-corrected chi connectivity index (χ2v) is 4.57. The molecule has 94 valence electrons. The number of halogens is 1. The lowest BCUT2D eigenvalue weighted by molar-refractivity contribution is 0.0691. The molecule has 0 saturated carbocycles. The molecule has 2 N–H and O–H groups in total. The van der Waals surface area contributed by atoms with Crippen LogP contribution < -0.4 is 5.56 Å². The highest BCUT2D eigenvalue weighted by Gasteiger charge is 2.22. The highest BCUT2D eigenvalue weighted by atomic mass is 79.9. The Morgan fingerprint density at radius 1 is 1.44 bits per heavy atom. The van der Waals surface area contributed by atoms with Crippen molar-refractivity contribution in [3.05, 3.63) is 38.6 Å². The molecule has 0 saturated heterocycles. The third kappa shape index (κ3) is 1.69. The lowest BCUT2D eigenvalue weighted by atomic mass is 10.1. The van der Waals surface area contributed by atoms with Gasteiger partial charge in [-0.3, -0.25) is 4.79 Å². The molecular weight excluding hydrogens is 302 g/mol. The van der Waals surface area contributed by atoms with E-state index in [0.717, 1.165) is 0 Å². The molecule has 0 aliphatic heterocycles. The standard InChI is InChI=1S/C12H10BrNO4/c1-2-14-7-5-3-4-6(13)8(7)10(15)9(11(14)16)12(17)18/h3-5,15H,2H2,1H3,(H,17,18). The maximum absolute atomic E-state index is 12.0. The molecule has 0 aliphatic rings. The number of aromatic carboxylic acids is 1. The minimum Gasteiger partial charge on any atom is -0.506 e. The summed E-state index contributed by atoms with van der Waals surface area (Å²) in [6.07, 6.45) is 0. The van der Waals surface area contributed by atoms with Crippen LogP contribution >= 0.6 is 15.9 Å². The van der Waals surface area contributed by atoms with E-state index in [4.69, 9.17) is 5.11 Å². The molecule has 0 spiro atoms. The summed E-state index contributed by atoms with van der Waals surface area (Å²) in [4.78, 5) is 23.1. The van der Waals surface area contributed by atoms with Crippen molar-refractivity contribution in [1.29, 1.82) is 0 Å². The quantitative estimate of drug-likeness (QED) is 0.891. The van der Waals surface area contributed by atoms with E-state index in [1.807, 2.05) is 0 Å². The van der Waals surface area contributed by atoms with Gasteiger partial charge in [0.05, 0.1) is 10.9 Å². The summed E-state index contributed by atoms with van der Waals surface area (Å²) in [5, 5.41) is 19.3. The number of aromatic hydroxyl groups is 1. The zero-order valence-corrected chi connectivity index (χ0v) is 11.1. The Bertz CT molecular complexity index is 705. The van der Waals surface area contributed by atoms with Crippen LogP contribution in [-0.2, 0) is 6.54 Å². The third-order valence-corrected chi connectivity index (χ3v) is 3.41. The van der Waals surface area contributed by atoms with Gasteiger partial charge in [-0.05, 0) is 35.0 Å². The van der Waals surface area contributed by atoms with Crippen molar-refractivity contribution in [2.24, 2.45) is 0 Å². The first-order chi connectivity index (χ1) is 8.49. The number of rotatable bonds is 2. The number of carboxylic acids is 1. The maximum atomic E-state index is 12.0. The van der Waals surface area contributed by atoms with E-state index in [-0.39, 0.29) is 0 Å². The van der Waals surface area contributed by atoms with Gasteiger partial charge >= 0.3 is 5.97 Å². The van der Waals surface area contributed by atoms with Crippen LogP contribution in [0.3, 0.4) is 0 Å². The number of nitrogens with zero attached hydrogens (tertiary/aromatic N) is 1. The Labute approximate surface area is 110 Å². The van der Waals surface area contributed by atoms with Crippen molar-refractivity contribution in [3.63, 3.8) is 0 Å². The Morgan fingerprint density at radius 3 is 2.67 bits per heavy atom. The number of aryl methyl sites for hydroxylation is 1. The molecule has 2 rings (SSSR count). The fourth-order valence-electron chi connectivity index (χ4n) is 1.95. The van der Waals surface area contributed by atoms with E-state index in [1.165, 1.54) is 4.57 Å². The third-order valence-electron chi connectivity index (χ3n) is 2.75. The van der Waals surface area contributed by atoms with Gasteiger partial charge in [0.25, 0.3) is 5.56 Å². The molecule has 2 aromatic rings. The van der Waals surface area contributed by atoms with Crippen molar-refractivity contribution in [1.82, 2.24) is 4.57 Å². The molecule has 0 radical (unpaired) electrons. The minimum absolute atomic E-state index is 0.326. The van der Waals surface area contributed by atoms with Crippen LogP contribution in [-0.4, -0.2) is 20.7 Å². The first-order valence-corrected chi connectivity index (χ1v) is 6.05. The molecule has 0 fully saturated rings. The zero-order valence-electron chi connectivity index (χ0n) is 9.48. The van der Waals surface area contributed by atoms with Crippen molar-refractivity contribution >= 4 is 32.8 Å². The van der Waals surface area contributed by atoms with E-state index in [0.29, 0.717) is 21.9 Å². The van der Waals surface area contributed by atoms with Crippen LogP contribution in [0.15, 0.2) is 27.5 Å². The average molecular weight is 312 g/mol. The topological polar surface area (TPSA) is 79.5 Å². The molecule has 0 aliphatic carbocycles. The Kier molecular flexibility index (Phi) is 3.13. The fourth-order valence-corrected chi connectivity index (χ4v) is 2.49. The van der Waals surface area contributed by atoms with Gasteiger partial charge in [0.1, 0.15) is 5.75 Å². The van der Waals surface area contributed by atoms with Crippen LogP contribution in [0.25, 0.3) is 10.9 Å². The Morgan fingerprint density at radius 2 is 2.11 bits per heavy atom. The maximum Gasteiger partial charge on any atom is 0.345 e. The number of hydrogen-bond donors (Lipinski definition) is 2. The molecule has 0 atom stereocenters. The molecule has 0 bridgehead atoms. The summed E-state index contributed by atoms with van der Waals surface area (Å²) < 4.78 is 1.87. The lowest BCUT2D eigenvalue weighted by Gasteiger charge is -2.12. The molecule has 1 aromatic heterocycles. The van der Waals surface area contributed by atoms with Gasteiger partial charge in [-0.1, -0.05) is 6.07 Å². The van der Waals surface area contributed by atoms with Crippen LogP contribution in [0.2, 0.25) is 0 Å². The Balaban J connectivity index is 3.12. The molecule has 5 nitrogen and oxygen atoms in total. The summed E-state index contributed by atoms with van der Waals surface area (Å²) in [5.74, 6) is -1.93. The van der Waals surface area contributed by atoms with Gasteiger partial charge in [0.2, 0.25) is 0 Å². The number of hydrogen-bond acceptors (Lipinski definition) is 3. The molecule has 6 heteroatoms. The highest BCUT2D eigenvalue weighted by molar-refractivity contribution is 9.10. The number of benzene rings is 1. The van der Waals surface area contributed by atoms with Crippen molar-refractivity contribution < 1.29 is 15.0 Å². The van der Waals surface area contributed by atoms with Crippen LogP contribution in [0.5, 0.6) is 5.75 Å². The predicted molar refractivity (Wildman–Crippen MR) is 70.2 cm³/mol. The van der Waals surface area contributed by atoms with Gasteiger partial charge in [-0.25, -0.2) is 4.79 Å². The summed E-state index contributed by atoms with van der Waals surface area (Å²) in [7, 11) is 0. The summed E-state index contributed by atoms with van der Waals surface area (Å²) >= 11 is 3.25. The second kappa shape index (κ2) is 4.45. The lowest BCUT2D eigenvalue weighted by Crippen LogP contribution is -2.26. The van der Waals surface area contributed by atoms with Gasteiger partial charge in [0, 0.05) is 11.0 Å². The summed E-state index contributed by atoms with van der Waals surface area (Å²) in [6, 6.07) is 5.06. The van der Waals surface area contributed by atoms with Gasteiger partial charge in [-0.2, -0.15) is 0 Å². The molecule has 0 amide bonds. The van der Waals surface area contributed by atoms with Crippen molar-refractivity contribution in [2.45, 2.75) is 13.5 Å². The smallest absolute Gasteiger partial charge is 0.345 e. The SMILES string of the molecule is CCn1c(=O)c(C(=O)O)c(O)c2c(Br)cccc21. The first kappa shape index (κ1) is 12.6. The summed E-state index contributed by atoms with van der Waals surface area (Å²) in [6.45, 7) is 2.07. The van der Waals surface area contributed by atoms with E-state index in [9.17, 15) is 14.7 Å². The normalized spacial score (nSPS) is 10.8. The van der Waals surface area contributed by atoms with Crippen LogP contribution in [0.4, 0.5) is 0 Å². The molecule has 1 heterocycles. The average Bonchev–Trinajstić information content (AvgIpc) is 2.28. The molecular formula is C12H10BrNO4. The minimum atomic E-state index is -1.43. The van der Waals surface area contributed by atoms with Gasteiger partial charge in [0.15, 0.2) is 5.56 Å². The highest BCUT2D eigenvalue weighted by Crippen LogP contribution is 2.32. The second-order valence-electron chi connectivity index (χ2n) is 3.71. The molecule has 1 aromatic carbocycles. The van der Waals surface area contributed by atoms with Gasteiger partial charge in [-0.15, -0.1) is 0 Å². The predicted octanol–water partition coefficient (Wildman–Crippen LogP) is 2.19. The molecule has 18 heavy (non-hydrogen) atoms. The number of fused-ring (bicyclic) bond motifs is 1. The first-order valence-electron chi connectivity index (χ1n) is 5.26. The number of carbonyl (C=O) groups is 1. The Hall–Kier alpha value is -1.82. The number of pyridine rings is 1. The monoisotopic (exact) mass is 311 g/mol. The zero-order chi connectivity index (χ0) is 13.4. The van der Waals surface area contributed by atoms with Crippen molar-refractivity contribution in [3.8, 4) is 5.75 Å².